The lowest BCUT2D eigenvalue weighted by Crippen LogP contribution is -2.62. The number of aromatic nitrogens is 2. The van der Waals surface area contributed by atoms with Crippen LogP contribution in [0.15, 0.2) is 60.0 Å². The quantitative estimate of drug-likeness (QED) is 0.387. The number of anilines is 2. The number of Topliss-reactive ketones (excluding diaryl/α,β-unsaturated/α-hetero) is 1. The number of hydrogen-bond donors (Lipinski definition) is 2. The van der Waals surface area contributed by atoms with Crippen LogP contribution in [0.3, 0.4) is 0 Å². The first kappa shape index (κ1) is 25.4. The minimum absolute atomic E-state index is 0.251. The van der Waals surface area contributed by atoms with Gasteiger partial charge in [-0.2, -0.15) is 0 Å². The zero-order valence-corrected chi connectivity index (χ0v) is 22.0. The molecular formula is C29H32N4O3S. The summed E-state index contributed by atoms with van der Waals surface area (Å²) in [4.78, 5) is 38.9. The fourth-order valence-corrected chi connectivity index (χ4v) is 6.78. The third kappa shape index (κ3) is 5.12. The van der Waals surface area contributed by atoms with Crippen molar-refractivity contribution < 1.29 is 14.7 Å². The first-order valence-electron chi connectivity index (χ1n) is 12.9. The van der Waals surface area contributed by atoms with Crippen molar-refractivity contribution in [2.24, 2.45) is 10.4 Å². The molecule has 37 heavy (non-hydrogen) atoms. The van der Waals surface area contributed by atoms with E-state index in [1.807, 2.05) is 36.4 Å². The van der Waals surface area contributed by atoms with Gasteiger partial charge in [0.2, 0.25) is 0 Å². The van der Waals surface area contributed by atoms with Crippen LogP contribution >= 0.6 is 11.8 Å². The fraction of sp³-hybridized carbons (Fsp3) is 0.414. The number of nitrogens with zero attached hydrogens (tertiary/aromatic N) is 3. The van der Waals surface area contributed by atoms with E-state index in [0.29, 0.717) is 5.82 Å². The lowest BCUT2D eigenvalue weighted by Gasteiger charge is -2.50. The molecule has 2 fully saturated rings. The predicted octanol–water partition coefficient (Wildman–Crippen LogP) is 5.85. The molecule has 0 amide bonds. The predicted molar refractivity (Wildman–Crippen MR) is 149 cm³/mol. The maximum Gasteiger partial charge on any atom is 0.328 e. The molecular weight excluding hydrogens is 484 g/mol. The van der Waals surface area contributed by atoms with Gasteiger partial charge in [-0.3, -0.25) is 14.8 Å². The second kappa shape index (κ2) is 10.6. The number of fused-ring (bicyclic) bond motifs is 1. The number of nitrogens with one attached hydrogen (secondary N) is 1. The molecule has 2 atom stereocenters. The Hall–Kier alpha value is -3.26. The van der Waals surface area contributed by atoms with E-state index < -0.39 is 17.4 Å². The van der Waals surface area contributed by atoms with Gasteiger partial charge in [0.1, 0.15) is 11.1 Å². The third-order valence-electron chi connectivity index (χ3n) is 7.36. The van der Waals surface area contributed by atoms with Crippen molar-refractivity contribution in [3.05, 3.63) is 60.6 Å². The van der Waals surface area contributed by atoms with Crippen molar-refractivity contribution in [3.63, 3.8) is 0 Å². The third-order valence-corrected chi connectivity index (χ3v) is 8.61. The number of rotatable bonds is 8. The summed E-state index contributed by atoms with van der Waals surface area (Å²) in [5.74, 6) is 0.0107. The zero-order valence-electron chi connectivity index (χ0n) is 21.2. The van der Waals surface area contributed by atoms with E-state index in [4.69, 9.17) is 4.99 Å². The number of carboxylic acids is 1. The van der Waals surface area contributed by atoms with Gasteiger partial charge in [0.25, 0.3) is 0 Å². The van der Waals surface area contributed by atoms with Crippen LogP contribution in [0.4, 0.5) is 11.5 Å². The number of thioether (sulfide) groups is 1. The van der Waals surface area contributed by atoms with Crippen molar-refractivity contribution >= 4 is 51.5 Å². The highest BCUT2D eigenvalue weighted by Crippen LogP contribution is 2.51. The number of hydrogen-bond acceptors (Lipinski definition) is 7. The van der Waals surface area contributed by atoms with Crippen LogP contribution in [0.25, 0.3) is 10.8 Å². The number of pyridine rings is 2. The molecule has 8 heteroatoms. The highest BCUT2D eigenvalue weighted by molar-refractivity contribution is 8.02. The minimum atomic E-state index is -0.958. The molecule has 1 unspecified atom stereocenters. The Bertz CT molecular complexity index is 1330. The lowest BCUT2D eigenvalue weighted by molar-refractivity contribution is -0.138. The Kier molecular flexibility index (Phi) is 7.29. The van der Waals surface area contributed by atoms with Gasteiger partial charge in [-0.1, -0.05) is 45.2 Å². The van der Waals surface area contributed by atoms with Gasteiger partial charge < -0.3 is 10.4 Å². The average Bonchev–Trinajstić information content (AvgIpc) is 2.91. The molecule has 0 aliphatic heterocycles. The monoisotopic (exact) mass is 516 g/mol. The van der Waals surface area contributed by atoms with Crippen LogP contribution in [0.1, 0.15) is 51.5 Å². The normalized spacial score (nSPS) is 20.8. The van der Waals surface area contributed by atoms with Crippen LogP contribution in [-0.2, 0) is 16.0 Å². The van der Waals surface area contributed by atoms with Gasteiger partial charge in [-0.05, 0) is 48.1 Å². The summed E-state index contributed by atoms with van der Waals surface area (Å²) in [5.41, 5.74) is 2.01. The maximum absolute atomic E-state index is 13.2. The highest BCUT2D eigenvalue weighted by atomic mass is 32.2. The first-order valence-corrected chi connectivity index (χ1v) is 13.9. The van der Waals surface area contributed by atoms with Crippen LogP contribution in [0.5, 0.6) is 0 Å². The van der Waals surface area contributed by atoms with E-state index in [1.165, 1.54) is 0 Å². The molecule has 2 aliphatic carbocycles. The molecule has 0 bridgehead atoms. The van der Waals surface area contributed by atoms with Crippen molar-refractivity contribution in [3.8, 4) is 0 Å². The summed E-state index contributed by atoms with van der Waals surface area (Å²) in [6.45, 7) is 4.13. The van der Waals surface area contributed by atoms with Gasteiger partial charge in [0.15, 0.2) is 11.8 Å². The lowest BCUT2D eigenvalue weighted by atomic mass is 9.58. The highest BCUT2D eigenvalue weighted by Gasteiger charge is 2.59. The van der Waals surface area contributed by atoms with Gasteiger partial charge in [-0.25, -0.2) is 9.78 Å². The van der Waals surface area contributed by atoms with E-state index in [2.05, 4.69) is 29.1 Å². The molecule has 7 nitrogen and oxygen atoms in total. The van der Waals surface area contributed by atoms with Gasteiger partial charge in [0, 0.05) is 47.0 Å². The van der Waals surface area contributed by atoms with Crippen molar-refractivity contribution in [1.82, 2.24) is 9.97 Å². The summed E-state index contributed by atoms with van der Waals surface area (Å²) in [6, 6.07) is 10.7. The SMILES string of the molecule is CC(C)SC1C(=O)C2(CCCCC2)C1=N[C@@H](Cc1ccc(Nc2nccc3ccncc23)cc1)C(=O)O. The summed E-state index contributed by atoms with van der Waals surface area (Å²) >= 11 is 1.60. The number of aliphatic carboxylic acids is 1. The zero-order chi connectivity index (χ0) is 26.0. The Labute approximate surface area is 221 Å². The van der Waals surface area contributed by atoms with E-state index in [1.54, 1.807) is 30.4 Å². The molecule has 2 heterocycles. The molecule has 2 saturated carbocycles. The number of aliphatic imine (C=N–C) groups is 1. The average molecular weight is 517 g/mol. The molecule has 2 aromatic heterocycles. The molecule has 1 spiro atoms. The molecule has 0 saturated heterocycles. The number of carbonyl (C=O) groups is 2. The second-order valence-corrected chi connectivity index (χ2v) is 11.9. The van der Waals surface area contributed by atoms with Crippen LogP contribution in [-0.4, -0.2) is 49.1 Å². The molecule has 3 aromatic rings. The summed E-state index contributed by atoms with van der Waals surface area (Å²) in [5, 5.41) is 15.3. The largest absolute Gasteiger partial charge is 0.480 e. The number of carbonyl (C=O) groups excluding carboxylic acids is 1. The smallest absolute Gasteiger partial charge is 0.328 e. The van der Waals surface area contributed by atoms with Gasteiger partial charge >= 0.3 is 5.97 Å². The second-order valence-electron chi connectivity index (χ2n) is 10.2. The topological polar surface area (TPSA) is 105 Å². The van der Waals surface area contributed by atoms with E-state index in [9.17, 15) is 14.7 Å². The van der Waals surface area contributed by atoms with Crippen LogP contribution in [0, 0.1) is 5.41 Å². The van der Waals surface area contributed by atoms with Crippen molar-refractivity contribution in [1.29, 1.82) is 0 Å². The molecule has 2 N–H and O–H groups in total. The van der Waals surface area contributed by atoms with Crippen molar-refractivity contribution in [2.45, 2.75) is 68.9 Å². The first-order chi connectivity index (χ1) is 17.9. The summed E-state index contributed by atoms with van der Waals surface area (Å²) in [7, 11) is 0. The number of ketones is 1. The summed E-state index contributed by atoms with van der Waals surface area (Å²) < 4.78 is 0. The Morgan fingerprint density at radius 2 is 1.86 bits per heavy atom. The fourth-order valence-electron chi connectivity index (χ4n) is 5.47. The van der Waals surface area contributed by atoms with Crippen LogP contribution in [0.2, 0.25) is 0 Å². The Balaban J connectivity index is 1.35. The minimum Gasteiger partial charge on any atom is -0.480 e. The number of benzene rings is 1. The van der Waals surface area contributed by atoms with E-state index in [-0.39, 0.29) is 22.7 Å². The van der Waals surface area contributed by atoms with Crippen molar-refractivity contribution in [2.75, 3.05) is 5.32 Å². The van der Waals surface area contributed by atoms with E-state index >= 15 is 0 Å². The van der Waals surface area contributed by atoms with Crippen LogP contribution < -0.4 is 5.32 Å². The molecule has 192 valence electrons. The van der Waals surface area contributed by atoms with E-state index in [0.717, 1.165) is 59.8 Å². The maximum atomic E-state index is 13.2. The molecule has 2 aliphatic rings. The van der Waals surface area contributed by atoms with Gasteiger partial charge in [0.05, 0.1) is 5.41 Å². The Morgan fingerprint density at radius 3 is 2.57 bits per heavy atom. The standard InChI is InChI=1S/C29H32N4O3S/c1-18(2)37-24-25(29(26(24)34)12-4-3-5-13-29)33-23(28(35)36)16-19-6-8-21(9-7-19)32-27-22-17-30-14-10-20(22)11-15-31-27/h6-11,14-15,17-18,23-24H,3-5,12-13,16H2,1-2H3,(H,31,32)(H,35,36)/t23-,24?/m0/s1. The van der Waals surface area contributed by atoms with Gasteiger partial charge in [-0.15, -0.1) is 11.8 Å². The molecule has 0 radical (unpaired) electrons. The number of carboxylic acid groups (broad SMARTS) is 1. The summed E-state index contributed by atoms with van der Waals surface area (Å²) in [6.07, 6.45) is 10.3. The molecule has 1 aromatic carbocycles. The Morgan fingerprint density at radius 1 is 1.14 bits per heavy atom. The molecule has 5 rings (SSSR count).